The topological polar surface area (TPSA) is 90.9 Å². The van der Waals surface area contributed by atoms with Gasteiger partial charge in [0, 0.05) is 31.4 Å². The largest absolute Gasteiger partial charge is 0.379 e. The van der Waals surface area contributed by atoms with Crippen LogP contribution in [0.3, 0.4) is 0 Å². The van der Waals surface area contributed by atoms with Crippen molar-refractivity contribution in [3.63, 3.8) is 0 Å². The van der Waals surface area contributed by atoms with Crippen LogP contribution in [0.2, 0.25) is 0 Å². The molecule has 1 saturated heterocycles. The summed E-state index contributed by atoms with van der Waals surface area (Å²) in [6.45, 7) is 7.45. The van der Waals surface area contributed by atoms with Gasteiger partial charge >= 0.3 is 0 Å². The molecule has 0 radical (unpaired) electrons. The number of ether oxygens (including phenoxy) is 1. The summed E-state index contributed by atoms with van der Waals surface area (Å²) in [5.41, 5.74) is 1.74. The predicted octanol–water partition coefficient (Wildman–Crippen LogP) is 2.45. The fourth-order valence-corrected chi connectivity index (χ4v) is 3.31. The van der Waals surface area contributed by atoms with E-state index in [1.165, 1.54) is 0 Å². The lowest BCUT2D eigenvalue weighted by atomic mass is 9.98. The van der Waals surface area contributed by atoms with Gasteiger partial charge in [-0.1, -0.05) is 19.0 Å². The standard InChI is InChI=1S/C18H24N6O2/c1-10(2)16-21-17(14-7-19-24(4)18(14)22-16)20-15-9-25-8-12(15)6-13-5-11(3)23-26-13/h5,7,10,12,15H,6,8-9H2,1-4H3,(H,20,21,22)/t12-,15+/m1/s1. The Morgan fingerprint density at radius 1 is 1.31 bits per heavy atom. The first-order chi connectivity index (χ1) is 12.5. The maximum Gasteiger partial charge on any atom is 0.163 e. The predicted molar refractivity (Wildman–Crippen MR) is 97.1 cm³/mol. The Labute approximate surface area is 151 Å². The quantitative estimate of drug-likeness (QED) is 0.751. The molecule has 1 aliphatic heterocycles. The summed E-state index contributed by atoms with van der Waals surface area (Å²) in [6, 6.07) is 2.13. The molecule has 3 aromatic heterocycles. The number of nitrogens with one attached hydrogen (secondary N) is 1. The second-order valence-corrected chi connectivity index (χ2v) is 7.28. The van der Waals surface area contributed by atoms with Crippen LogP contribution in [0.4, 0.5) is 5.82 Å². The van der Waals surface area contributed by atoms with Crippen LogP contribution in [-0.4, -0.2) is 44.2 Å². The molecule has 4 heterocycles. The third-order valence-electron chi connectivity index (χ3n) is 4.79. The van der Waals surface area contributed by atoms with E-state index in [0.717, 1.165) is 40.6 Å². The van der Waals surface area contributed by atoms with Gasteiger partial charge in [0.15, 0.2) is 5.65 Å². The minimum absolute atomic E-state index is 0.152. The normalized spacial score (nSPS) is 20.3. The summed E-state index contributed by atoms with van der Waals surface area (Å²) >= 11 is 0. The van der Waals surface area contributed by atoms with E-state index in [0.29, 0.717) is 19.1 Å². The van der Waals surface area contributed by atoms with Gasteiger partial charge in [0.1, 0.15) is 17.4 Å². The lowest BCUT2D eigenvalue weighted by Gasteiger charge is -2.19. The second kappa shape index (κ2) is 6.68. The third kappa shape index (κ3) is 3.16. The lowest BCUT2D eigenvalue weighted by molar-refractivity contribution is 0.183. The van der Waals surface area contributed by atoms with Gasteiger partial charge in [-0.25, -0.2) is 9.97 Å². The number of rotatable bonds is 5. The molecule has 0 bridgehead atoms. The van der Waals surface area contributed by atoms with Crippen molar-refractivity contribution >= 4 is 16.9 Å². The van der Waals surface area contributed by atoms with Crippen LogP contribution < -0.4 is 5.32 Å². The molecule has 0 aromatic carbocycles. The van der Waals surface area contributed by atoms with E-state index in [1.807, 2.05) is 26.2 Å². The monoisotopic (exact) mass is 356 g/mol. The zero-order chi connectivity index (χ0) is 18.3. The van der Waals surface area contributed by atoms with E-state index in [2.05, 4.69) is 34.4 Å². The molecule has 4 rings (SSSR count). The van der Waals surface area contributed by atoms with Crippen LogP contribution in [0, 0.1) is 12.8 Å². The number of nitrogens with zero attached hydrogens (tertiary/aromatic N) is 5. The van der Waals surface area contributed by atoms with Gasteiger partial charge in [-0.15, -0.1) is 0 Å². The van der Waals surface area contributed by atoms with Crippen molar-refractivity contribution in [3.05, 3.63) is 29.5 Å². The summed E-state index contributed by atoms with van der Waals surface area (Å²) in [4.78, 5) is 9.41. The minimum Gasteiger partial charge on any atom is -0.379 e. The van der Waals surface area contributed by atoms with Crippen LogP contribution in [0.15, 0.2) is 16.8 Å². The zero-order valence-corrected chi connectivity index (χ0v) is 15.6. The van der Waals surface area contributed by atoms with Gasteiger partial charge in [0.05, 0.1) is 36.5 Å². The molecule has 8 heteroatoms. The van der Waals surface area contributed by atoms with Crippen molar-refractivity contribution in [1.29, 1.82) is 0 Å². The highest BCUT2D eigenvalue weighted by atomic mass is 16.5. The van der Waals surface area contributed by atoms with Gasteiger partial charge in [-0.05, 0) is 6.92 Å². The van der Waals surface area contributed by atoms with Gasteiger partial charge in [0.2, 0.25) is 0 Å². The average molecular weight is 356 g/mol. The fourth-order valence-electron chi connectivity index (χ4n) is 3.31. The molecule has 138 valence electrons. The molecule has 2 atom stereocenters. The Morgan fingerprint density at radius 2 is 2.15 bits per heavy atom. The Morgan fingerprint density at radius 3 is 2.88 bits per heavy atom. The van der Waals surface area contributed by atoms with Crippen molar-refractivity contribution in [2.45, 2.75) is 39.2 Å². The van der Waals surface area contributed by atoms with Gasteiger partial charge in [-0.3, -0.25) is 4.68 Å². The maximum atomic E-state index is 5.73. The minimum atomic E-state index is 0.152. The van der Waals surface area contributed by atoms with E-state index in [-0.39, 0.29) is 12.0 Å². The smallest absolute Gasteiger partial charge is 0.163 e. The number of aryl methyl sites for hydroxylation is 2. The fraction of sp³-hybridized carbons (Fsp3) is 0.556. The molecule has 1 fully saturated rings. The number of anilines is 1. The van der Waals surface area contributed by atoms with Crippen molar-refractivity contribution in [2.75, 3.05) is 18.5 Å². The van der Waals surface area contributed by atoms with E-state index < -0.39 is 0 Å². The van der Waals surface area contributed by atoms with Gasteiger partial charge in [0.25, 0.3) is 0 Å². The number of hydrogen-bond donors (Lipinski definition) is 1. The number of aromatic nitrogens is 5. The average Bonchev–Trinajstić information content (AvgIpc) is 3.30. The molecule has 0 saturated carbocycles. The highest BCUT2D eigenvalue weighted by molar-refractivity contribution is 5.86. The number of hydrogen-bond acceptors (Lipinski definition) is 7. The van der Waals surface area contributed by atoms with Gasteiger partial charge < -0.3 is 14.6 Å². The molecule has 1 aliphatic rings. The van der Waals surface area contributed by atoms with E-state index >= 15 is 0 Å². The highest BCUT2D eigenvalue weighted by Crippen LogP contribution is 2.27. The van der Waals surface area contributed by atoms with Gasteiger partial charge in [-0.2, -0.15) is 5.10 Å². The first-order valence-electron chi connectivity index (χ1n) is 8.97. The maximum absolute atomic E-state index is 5.73. The van der Waals surface area contributed by atoms with E-state index in [9.17, 15) is 0 Å². The van der Waals surface area contributed by atoms with Crippen molar-refractivity contribution in [3.8, 4) is 0 Å². The molecule has 8 nitrogen and oxygen atoms in total. The van der Waals surface area contributed by atoms with Crippen molar-refractivity contribution < 1.29 is 9.26 Å². The van der Waals surface area contributed by atoms with Crippen LogP contribution in [0.25, 0.3) is 11.0 Å². The highest BCUT2D eigenvalue weighted by Gasteiger charge is 2.30. The first kappa shape index (κ1) is 17.0. The van der Waals surface area contributed by atoms with Crippen LogP contribution >= 0.6 is 0 Å². The molecule has 0 unspecified atom stereocenters. The summed E-state index contributed by atoms with van der Waals surface area (Å²) in [5.74, 6) is 3.06. The zero-order valence-electron chi connectivity index (χ0n) is 15.6. The van der Waals surface area contributed by atoms with Crippen LogP contribution in [0.1, 0.15) is 37.0 Å². The first-order valence-corrected chi connectivity index (χ1v) is 8.97. The molecule has 3 aromatic rings. The molecular weight excluding hydrogens is 332 g/mol. The Hall–Kier alpha value is -2.48. The Balaban J connectivity index is 1.61. The SMILES string of the molecule is Cc1cc(C[C@@H]2COC[C@@H]2Nc2nc(C(C)C)nc3c2cnn3C)on1. The summed E-state index contributed by atoms with van der Waals surface area (Å²) in [6.07, 6.45) is 2.60. The van der Waals surface area contributed by atoms with Crippen LogP contribution in [-0.2, 0) is 18.2 Å². The third-order valence-corrected chi connectivity index (χ3v) is 4.79. The van der Waals surface area contributed by atoms with Crippen LogP contribution in [0.5, 0.6) is 0 Å². The Bertz CT molecular complexity index is 916. The molecular formula is C18H24N6O2. The molecule has 0 aliphatic carbocycles. The molecule has 26 heavy (non-hydrogen) atoms. The lowest BCUT2D eigenvalue weighted by Crippen LogP contribution is -2.30. The summed E-state index contributed by atoms with van der Waals surface area (Å²) in [7, 11) is 1.90. The van der Waals surface area contributed by atoms with Crippen molar-refractivity contribution in [1.82, 2.24) is 24.9 Å². The van der Waals surface area contributed by atoms with E-state index in [1.54, 1.807) is 4.68 Å². The van der Waals surface area contributed by atoms with Crippen molar-refractivity contribution in [2.24, 2.45) is 13.0 Å². The molecule has 1 N–H and O–H groups in total. The second-order valence-electron chi connectivity index (χ2n) is 7.28. The van der Waals surface area contributed by atoms with E-state index in [4.69, 9.17) is 14.2 Å². The molecule has 0 spiro atoms. The molecule has 0 amide bonds. The number of fused-ring (bicyclic) bond motifs is 1. The Kier molecular flexibility index (Phi) is 4.36. The summed E-state index contributed by atoms with van der Waals surface area (Å²) < 4.78 is 12.9. The summed E-state index contributed by atoms with van der Waals surface area (Å²) in [5, 5.41) is 12.8.